The quantitative estimate of drug-likeness (QED) is 0.684. The van der Waals surface area contributed by atoms with Crippen molar-refractivity contribution in [1.82, 2.24) is 10.2 Å². The third-order valence-electron chi connectivity index (χ3n) is 5.03. The molecule has 9 heteroatoms. The van der Waals surface area contributed by atoms with Crippen molar-refractivity contribution >= 4 is 34.1 Å². The highest BCUT2D eigenvalue weighted by atomic mass is 32.1. The molecule has 0 atom stereocenters. The number of nitrogens with one attached hydrogen (secondary N) is 2. The first-order valence-corrected chi connectivity index (χ1v) is 10.5. The number of carbonyl (C=O) groups excluding carboxylic acids is 3. The number of ether oxygens (including phenoxy) is 1. The minimum atomic E-state index is -0.811. The van der Waals surface area contributed by atoms with Crippen LogP contribution in [0.3, 0.4) is 0 Å². The zero-order chi connectivity index (χ0) is 21.9. The Morgan fingerprint density at radius 3 is 2.67 bits per heavy atom. The van der Waals surface area contributed by atoms with Crippen molar-refractivity contribution in [3.63, 3.8) is 0 Å². The Labute approximate surface area is 178 Å². The van der Waals surface area contributed by atoms with Gasteiger partial charge in [-0.1, -0.05) is 12.1 Å². The smallest absolute Gasteiger partial charge is 0.341 e. The average molecular weight is 434 g/mol. The zero-order valence-corrected chi connectivity index (χ0v) is 17.9. The molecule has 1 saturated heterocycles. The number of esters is 1. The van der Waals surface area contributed by atoms with Gasteiger partial charge in [0.1, 0.15) is 16.4 Å². The second-order valence-electron chi connectivity index (χ2n) is 7.37. The maximum Gasteiger partial charge on any atom is 0.341 e. The van der Waals surface area contributed by atoms with Crippen LogP contribution in [0, 0.1) is 5.82 Å². The van der Waals surface area contributed by atoms with Crippen LogP contribution >= 0.6 is 11.3 Å². The van der Waals surface area contributed by atoms with Gasteiger partial charge in [-0.3, -0.25) is 14.5 Å². The number of carbonyl (C=O) groups is 3. The molecule has 2 heterocycles. The van der Waals surface area contributed by atoms with Crippen LogP contribution in [0.4, 0.5) is 9.39 Å². The summed E-state index contributed by atoms with van der Waals surface area (Å²) in [6, 6.07) is 5.76. The van der Waals surface area contributed by atoms with E-state index in [1.807, 2.05) is 0 Å². The number of hydrogen-bond donors (Lipinski definition) is 2. The van der Waals surface area contributed by atoms with Crippen LogP contribution in [-0.2, 0) is 14.3 Å². The largest absolute Gasteiger partial charge is 0.462 e. The van der Waals surface area contributed by atoms with Crippen molar-refractivity contribution in [3.8, 4) is 11.1 Å². The molecule has 7 nitrogen and oxygen atoms in total. The Bertz CT molecular complexity index is 956. The van der Waals surface area contributed by atoms with Gasteiger partial charge in [-0.05, 0) is 38.5 Å². The lowest BCUT2D eigenvalue weighted by molar-refractivity contribution is -0.136. The van der Waals surface area contributed by atoms with Crippen LogP contribution in [0.2, 0.25) is 0 Å². The number of thiophene rings is 1. The van der Waals surface area contributed by atoms with Gasteiger partial charge in [0.15, 0.2) is 0 Å². The van der Waals surface area contributed by atoms with E-state index in [9.17, 15) is 18.8 Å². The number of amides is 2. The summed E-state index contributed by atoms with van der Waals surface area (Å²) in [5.41, 5.74) is 0.628. The number of benzene rings is 1. The van der Waals surface area contributed by atoms with E-state index in [2.05, 4.69) is 10.6 Å². The minimum absolute atomic E-state index is 0.00642. The minimum Gasteiger partial charge on any atom is -0.462 e. The first-order valence-electron chi connectivity index (χ1n) is 9.61. The first-order chi connectivity index (χ1) is 14.2. The topological polar surface area (TPSA) is 87.7 Å². The molecule has 2 N–H and O–H groups in total. The molecule has 30 heavy (non-hydrogen) atoms. The normalized spacial score (nSPS) is 16.1. The number of piperazine rings is 1. The fraction of sp³-hybridized carbons (Fsp3) is 0.381. The zero-order valence-electron chi connectivity index (χ0n) is 17.1. The first kappa shape index (κ1) is 21.9. The lowest BCUT2D eigenvalue weighted by atomic mass is 9.99. The maximum absolute atomic E-state index is 13.3. The van der Waals surface area contributed by atoms with Gasteiger partial charge in [0.2, 0.25) is 11.8 Å². The highest BCUT2D eigenvalue weighted by Crippen LogP contribution is 2.36. The molecule has 0 radical (unpaired) electrons. The summed E-state index contributed by atoms with van der Waals surface area (Å²) in [6.07, 6.45) is 0. The van der Waals surface area contributed by atoms with E-state index >= 15 is 0 Å². The Hall–Kier alpha value is -2.78. The molecule has 160 valence electrons. The van der Waals surface area contributed by atoms with Gasteiger partial charge in [0.25, 0.3) is 0 Å². The standard InChI is InChI=1S/C21H24FN3O4S/c1-4-29-19(27)17-15(13-5-7-14(22)8-6-13)12-30-18(17)24-16(26)11-25-10-9-23-20(28)21(25,2)3/h5-8,12H,4,9-11H2,1-3H3,(H,23,28)(H,24,26). The Morgan fingerprint density at radius 1 is 1.30 bits per heavy atom. The van der Waals surface area contributed by atoms with E-state index in [0.29, 0.717) is 29.2 Å². The molecule has 2 aromatic rings. The Balaban J connectivity index is 1.84. The molecule has 1 aromatic carbocycles. The van der Waals surface area contributed by atoms with Crippen molar-refractivity contribution in [3.05, 3.63) is 41.0 Å². The summed E-state index contributed by atoms with van der Waals surface area (Å²) in [6.45, 7) is 6.42. The lowest BCUT2D eigenvalue weighted by Crippen LogP contribution is -2.62. The Morgan fingerprint density at radius 2 is 2.00 bits per heavy atom. The molecular weight excluding hydrogens is 409 g/mol. The molecule has 1 aliphatic heterocycles. The molecule has 0 saturated carbocycles. The molecule has 0 aliphatic carbocycles. The molecule has 3 rings (SSSR count). The number of nitrogens with zero attached hydrogens (tertiary/aromatic N) is 1. The van der Waals surface area contributed by atoms with Crippen molar-refractivity contribution in [1.29, 1.82) is 0 Å². The fourth-order valence-electron chi connectivity index (χ4n) is 3.26. The van der Waals surface area contributed by atoms with Gasteiger partial charge >= 0.3 is 5.97 Å². The van der Waals surface area contributed by atoms with E-state index in [-0.39, 0.29) is 36.3 Å². The van der Waals surface area contributed by atoms with Gasteiger partial charge in [0, 0.05) is 24.0 Å². The third-order valence-corrected chi connectivity index (χ3v) is 5.92. The highest BCUT2D eigenvalue weighted by molar-refractivity contribution is 7.15. The van der Waals surface area contributed by atoms with Crippen molar-refractivity contribution in [2.45, 2.75) is 26.3 Å². The van der Waals surface area contributed by atoms with Crippen molar-refractivity contribution < 1.29 is 23.5 Å². The molecular formula is C21H24FN3O4S. The summed E-state index contributed by atoms with van der Waals surface area (Å²) in [5.74, 6) is -1.42. The van der Waals surface area contributed by atoms with E-state index in [4.69, 9.17) is 4.74 Å². The van der Waals surface area contributed by atoms with E-state index in [0.717, 1.165) is 0 Å². The lowest BCUT2D eigenvalue weighted by Gasteiger charge is -2.40. The van der Waals surface area contributed by atoms with Crippen LogP contribution < -0.4 is 10.6 Å². The van der Waals surface area contributed by atoms with Crippen LogP contribution in [0.15, 0.2) is 29.6 Å². The van der Waals surface area contributed by atoms with Gasteiger partial charge in [-0.15, -0.1) is 11.3 Å². The molecule has 1 fully saturated rings. The molecule has 1 aliphatic rings. The van der Waals surface area contributed by atoms with Crippen LogP contribution in [0.25, 0.3) is 11.1 Å². The predicted octanol–water partition coefficient (Wildman–Crippen LogP) is 2.88. The Kier molecular flexibility index (Phi) is 6.52. The fourth-order valence-corrected chi connectivity index (χ4v) is 4.23. The maximum atomic E-state index is 13.3. The third kappa shape index (κ3) is 4.52. The summed E-state index contributed by atoms with van der Waals surface area (Å²) in [4.78, 5) is 39.2. The van der Waals surface area contributed by atoms with Crippen molar-refractivity contribution in [2.24, 2.45) is 0 Å². The summed E-state index contributed by atoms with van der Waals surface area (Å²) in [5, 5.41) is 7.66. The van der Waals surface area contributed by atoms with Crippen LogP contribution in [-0.4, -0.2) is 54.5 Å². The molecule has 0 spiro atoms. The van der Waals surface area contributed by atoms with Crippen LogP contribution in [0.1, 0.15) is 31.1 Å². The van der Waals surface area contributed by atoms with E-state index in [1.165, 1.54) is 23.5 Å². The second kappa shape index (κ2) is 8.93. The molecule has 1 aromatic heterocycles. The van der Waals surface area contributed by atoms with Gasteiger partial charge < -0.3 is 15.4 Å². The molecule has 0 bridgehead atoms. The SMILES string of the molecule is CCOC(=O)c1c(-c2ccc(F)cc2)csc1NC(=O)CN1CCNC(=O)C1(C)C. The summed E-state index contributed by atoms with van der Waals surface area (Å²) < 4.78 is 18.5. The number of anilines is 1. The number of halogens is 1. The number of rotatable bonds is 6. The summed E-state index contributed by atoms with van der Waals surface area (Å²) in [7, 11) is 0. The van der Waals surface area contributed by atoms with E-state index in [1.54, 1.807) is 43.2 Å². The second-order valence-corrected chi connectivity index (χ2v) is 8.25. The summed E-state index contributed by atoms with van der Waals surface area (Å²) >= 11 is 1.20. The monoisotopic (exact) mass is 433 g/mol. The molecule has 0 unspecified atom stereocenters. The molecule has 2 amide bonds. The van der Waals surface area contributed by atoms with Gasteiger partial charge in [-0.25, -0.2) is 9.18 Å². The van der Waals surface area contributed by atoms with E-state index < -0.39 is 11.5 Å². The van der Waals surface area contributed by atoms with Gasteiger partial charge in [-0.2, -0.15) is 0 Å². The number of hydrogen-bond acceptors (Lipinski definition) is 6. The van der Waals surface area contributed by atoms with Gasteiger partial charge in [0.05, 0.1) is 18.7 Å². The highest BCUT2D eigenvalue weighted by Gasteiger charge is 2.38. The van der Waals surface area contributed by atoms with Crippen molar-refractivity contribution in [2.75, 3.05) is 31.6 Å². The predicted molar refractivity (Wildman–Crippen MR) is 113 cm³/mol. The average Bonchev–Trinajstić information content (AvgIpc) is 3.10. The van der Waals surface area contributed by atoms with Crippen LogP contribution in [0.5, 0.6) is 0 Å².